The number of piperazine rings is 1. The quantitative estimate of drug-likeness (QED) is 0.477. The number of halogens is 3. The van der Waals surface area contributed by atoms with Crippen LogP contribution in [0.2, 0.25) is 0 Å². The Balaban J connectivity index is 1.58. The van der Waals surface area contributed by atoms with Gasteiger partial charge in [-0.2, -0.15) is 8.78 Å². The minimum Gasteiger partial charge on any atom is -0.472 e. The molecule has 0 spiro atoms. The highest BCUT2D eigenvalue weighted by atomic mass is 19.3. The molecule has 1 saturated heterocycles. The zero-order valence-electron chi connectivity index (χ0n) is 20.5. The average molecular weight is 530 g/mol. The Morgan fingerprint density at radius 3 is 2.42 bits per heavy atom. The molecule has 2 heterocycles. The molecule has 1 aromatic heterocycles. The molecule has 0 saturated carbocycles. The van der Waals surface area contributed by atoms with E-state index in [9.17, 15) is 23.2 Å². The normalized spacial score (nSPS) is 13.9. The van der Waals surface area contributed by atoms with Crippen LogP contribution in [0, 0.1) is 5.82 Å². The number of carbonyl (C=O) groups excluding carboxylic acids is 3. The number of benzene rings is 2. The van der Waals surface area contributed by atoms with Crippen molar-refractivity contribution in [1.29, 1.82) is 0 Å². The molecule has 1 aliphatic rings. The van der Waals surface area contributed by atoms with E-state index in [0.29, 0.717) is 31.9 Å². The van der Waals surface area contributed by atoms with Crippen LogP contribution in [0.4, 0.5) is 23.7 Å². The molecule has 2 N–H and O–H groups in total. The second kappa shape index (κ2) is 11.8. The van der Waals surface area contributed by atoms with Crippen molar-refractivity contribution in [2.24, 2.45) is 0 Å². The van der Waals surface area contributed by atoms with Crippen LogP contribution in [-0.4, -0.2) is 67.3 Å². The van der Waals surface area contributed by atoms with Gasteiger partial charge in [0.05, 0.1) is 19.1 Å². The van der Waals surface area contributed by atoms with Gasteiger partial charge in [-0.3, -0.25) is 25.3 Å². The van der Waals surface area contributed by atoms with Crippen molar-refractivity contribution < 1.29 is 32.0 Å². The number of likely N-dealkylation sites (N-methyl/N-ethyl adjacent to an activating group) is 1. The number of carbonyl (C=O) groups is 3. The van der Waals surface area contributed by atoms with Crippen LogP contribution in [0.25, 0.3) is 11.1 Å². The highest BCUT2D eigenvalue weighted by molar-refractivity contribution is 5.96. The van der Waals surface area contributed by atoms with Crippen LogP contribution in [0.3, 0.4) is 0 Å². The van der Waals surface area contributed by atoms with Gasteiger partial charge in [0.1, 0.15) is 5.82 Å². The van der Waals surface area contributed by atoms with Gasteiger partial charge in [0.25, 0.3) is 5.91 Å². The molecule has 0 bridgehead atoms. The summed E-state index contributed by atoms with van der Waals surface area (Å²) in [5.41, 5.74) is 5.48. The van der Waals surface area contributed by atoms with Gasteiger partial charge in [-0.1, -0.05) is 18.2 Å². The molecule has 200 valence electrons. The fraction of sp³-hybridized carbons (Fsp3) is 0.269. The van der Waals surface area contributed by atoms with E-state index in [2.05, 4.69) is 4.90 Å². The first-order valence-corrected chi connectivity index (χ1v) is 11.8. The highest BCUT2D eigenvalue weighted by Crippen LogP contribution is 2.28. The van der Waals surface area contributed by atoms with Crippen molar-refractivity contribution in [3.63, 3.8) is 0 Å². The summed E-state index contributed by atoms with van der Waals surface area (Å²) in [7, 11) is 1.97. The molecule has 38 heavy (non-hydrogen) atoms. The minimum absolute atomic E-state index is 0.129. The number of hydrogen-bond donors (Lipinski definition) is 2. The molecule has 1 fully saturated rings. The number of nitrogens with zero attached hydrogens (tertiary/aromatic N) is 3. The van der Waals surface area contributed by atoms with Gasteiger partial charge in [0.15, 0.2) is 0 Å². The number of amides is 4. The number of rotatable bonds is 6. The maximum absolute atomic E-state index is 15.1. The van der Waals surface area contributed by atoms with Gasteiger partial charge in [-0.15, -0.1) is 0 Å². The molecular formula is C26H26F3N5O4. The van der Waals surface area contributed by atoms with E-state index in [0.717, 1.165) is 17.2 Å². The smallest absolute Gasteiger partial charge is 0.324 e. The largest absolute Gasteiger partial charge is 0.472 e. The van der Waals surface area contributed by atoms with Crippen LogP contribution in [0.15, 0.2) is 65.5 Å². The number of furan rings is 1. The number of urea groups is 1. The first-order valence-electron chi connectivity index (χ1n) is 11.8. The number of hydrazine groups is 1. The third-order valence-electron chi connectivity index (χ3n) is 6.16. The number of hydrogen-bond acceptors (Lipinski definition) is 5. The zero-order valence-corrected chi connectivity index (χ0v) is 20.5. The Morgan fingerprint density at radius 2 is 1.76 bits per heavy atom. The lowest BCUT2D eigenvalue weighted by Gasteiger charge is -2.36. The van der Waals surface area contributed by atoms with Gasteiger partial charge >= 0.3 is 18.4 Å². The maximum Gasteiger partial charge on any atom is 0.324 e. The summed E-state index contributed by atoms with van der Waals surface area (Å²) < 4.78 is 44.9. The van der Waals surface area contributed by atoms with Crippen LogP contribution in [-0.2, 0) is 11.3 Å². The summed E-state index contributed by atoms with van der Waals surface area (Å²) in [5.74, 6) is -3.44. The van der Waals surface area contributed by atoms with Gasteiger partial charge in [0.2, 0.25) is 0 Å². The fourth-order valence-corrected chi connectivity index (χ4v) is 3.95. The third kappa shape index (κ3) is 6.32. The summed E-state index contributed by atoms with van der Waals surface area (Å²) in [5, 5.41) is 0. The predicted octanol–water partition coefficient (Wildman–Crippen LogP) is 3.49. The van der Waals surface area contributed by atoms with E-state index >= 15 is 4.39 Å². The molecule has 2 aromatic carbocycles. The molecular weight excluding hydrogens is 503 g/mol. The molecule has 9 nitrogen and oxygen atoms in total. The minimum atomic E-state index is -3.31. The molecule has 12 heteroatoms. The Labute approximate surface area is 216 Å². The third-order valence-corrected chi connectivity index (χ3v) is 6.16. The SMILES string of the molecule is CN1CCN(C(=O)N(Cc2ccc(C(=O)NNC(=O)C(F)F)cc2F)c2cccc(-c3ccoc3)c2)CC1. The Hall–Kier alpha value is -4.32. The van der Waals surface area contributed by atoms with Gasteiger partial charge in [0, 0.05) is 48.6 Å². The second-order valence-corrected chi connectivity index (χ2v) is 8.77. The molecule has 0 aliphatic carbocycles. The summed E-state index contributed by atoms with van der Waals surface area (Å²) in [6.07, 6.45) is -0.190. The van der Waals surface area contributed by atoms with Crippen molar-refractivity contribution in [3.8, 4) is 11.1 Å². The number of alkyl halides is 2. The maximum atomic E-state index is 15.1. The molecule has 4 amide bonds. The van der Waals surface area contributed by atoms with E-state index in [-0.39, 0.29) is 23.7 Å². The number of nitrogens with one attached hydrogen (secondary N) is 2. The molecule has 0 radical (unpaired) electrons. The van der Waals surface area contributed by atoms with Crippen molar-refractivity contribution in [3.05, 3.63) is 78.0 Å². The first-order chi connectivity index (χ1) is 18.2. The van der Waals surface area contributed by atoms with E-state index in [1.807, 2.05) is 24.6 Å². The van der Waals surface area contributed by atoms with Crippen LogP contribution < -0.4 is 15.8 Å². The summed E-state index contributed by atoms with van der Waals surface area (Å²) in [4.78, 5) is 42.0. The zero-order chi connectivity index (χ0) is 27.2. The first kappa shape index (κ1) is 26.7. The Kier molecular flexibility index (Phi) is 8.31. The van der Waals surface area contributed by atoms with Crippen molar-refractivity contribution >= 4 is 23.5 Å². The molecule has 0 unspecified atom stereocenters. The molecule has 0 atom stereocenters. The molecule has 4 rings (SSSR count). The summed E-state index contributed by atoms with van der Waals surface area (Å²) in [6, 6.07) is 12.3. The Bertz CT molecular complexity index is 1290. The van der Waals surface area contributed by atoms with E-state index in [1.165, 1.54) is 17.0 Å². The molecule has 3 aromatic rings. The Morgan fingerprint density at radius 1 is 1.00 bits per heavy atom. The van der Waals surface area contributed by atoms with Crippen LogP contribution in [0.5, 0.6) is 0 Å². The topological polar surface area (TPSA) is 98.1 Å². The fourth-order valence-electron chi connectivity index (χ4n) is 3.95. The van der Waals surface area contributed by atoms with Crippen LogP contribution >= 0.6 is 0 Å². The monoisotopic (exact) mass is 529 g/mol. The van der Waals surface area contributed by atoms with Crippen molar-refractivity contribution in [2.75, 3.05) is 38.1 Å². The second-order valence-electron chi connectivity index (χ2n) is 8.77. The van der Waals surface area contributed by atoms with Crippen LogP contribution in [0.1, 0.15) is 15.9 Å². The lowest BCUT2D eigenvalue weighted by molar-refractivity contribution is -0.132. The van der Waals surface area contributed by atoms with Gasteiger partial charge in [-0.05, 0) is 42.9 Å². The lowest BCUT2D eigenvalue weighted by atomic mass is 10.1. The standard InChI is InChI=1S/C26H26F3N5O4/c1-32-8-10-33(11-9-32)26(37)34(21-4-2-3-17(13-21)20-7-12-38-16-20)15-19-6-5-18(14-22(19)27)24(35)30-31-25(36)23(28)29/h2-7,12-14,16,23H,8-11,15H2,1H3,(H,30,35)(H,31,36). The highest BCUT2D eigenvalue weighted by Gasteiger charge is 2.27. The molecule has 1 aliphatic heterocycles. The van der Waals surface area contributed by atoms with Crippen molar-refractivity contribution in [2.45, 2.75) is 13.0 Å². The number of anilines is 1. The van der Waals surface area contributed by atoms with Gasteiger partial charge in [-0.25, -0.2) is 9.18 Å². The van der Waals surface area contributed by atoms with Gasteiger partial charge < -0.3 is 14.2 Å². The van der Waals surface area contributed by atoms with Crippen molar-refractivity contribution in [1.82, 2.24) is 20.7 Å². The lowest BCUT2D eigenvalue weighted by Crippen LogP contribution is -2.52. The van der Waals surface area contributed by atoms with E-state index in [1.54, 1.807) is 41.1 Å². The summed E-state index contributed by atoms with van der Waals surface area (Å²) >= 11 is 0. The van der Waals surface area contributed by atoms with E-state index in [4.69, 9.17) is 4.42 Å². The average Bonchev–Trinajstić information content (AvgIpc) is 3.46. The predicted molar refractivity (Wildman–Crippen MR) is 133 cm³/mol. The summed E-state index contributed by atoms with van der Waals surface area (Å²) in [6.45, 7) is 2.30. The van der Waals surface area contributed by atoms with E-state index < -0.39 is 24.1 Å².